The summed E-state index contributed by atoms with van der Waals surface area (Å²) in [7, 11) is 0. The number of carbonyl (C=O) groups excluding carboxylic acids is 2. The Balaban J connectivity index is 0.000000293. The summed E-state index contributed by atoms with van der Waals surface area (Å²) in [5.74, 6) is 0. The van der Waals surface area contributed by atoms with Crippen LogP contribution in [0, 0.1) is 0 Å². The second-order valence-corrected chi connectivity index (χ2v) is 6.02. The lowest BCUT2D eigenvalue weighted by molar-refractivity contribution is 0.0600. The van der Waals surface area contributed by atoms with E-state index < -0.39 is 11.7 Å². The van der Waals surface area contributed by atoms with Crippen LogP contribution in [0.15, 0.2) is 0 Å². The molecule has 0 bridgehead atoms. The molecule has 3 amide bonds. The van der Waals surface area contributed by atoms with Crippen molar-refractivity contribution in [3.05, 3.63) is 0 Å². The van der Waals surface area contributed by atoms with E-state index in [1.807, 2.05) is 0 Å². The maximum absolute atomic E-state index is 10.3. The first-order valence-corrected chi connectivity index (χ1v) is 7.46. The number of carbonyl (C=O) groups is 2. The van der Waals surface area contributed by atoms with E-state index in [2.05, 4.69) is 10.1 Å². The average Bonchev–Trinajstić information content (AvgIpc) is 3.04. The standard InChI is InChI=1S/C5H10N2O.C5H11NO2.C4H9N/c6-5(8)7-3-1-2-4-7;1-5(2,3)8-4(6)7;1-2-4-5-3-1/h1-4H2,(H2,6,8);1-3H3,(H2,6,7);5H,1-4H2. The molecule has 5 N–H and O–H groups in total. The predicted molar refractivity (Wildman–Crippen MR) is 82.9 cm³/mol. The fourth-order valence-corrected chi connectivity index (χ4v) is 1.86. The molecule has 7 nitrogen and oxygen atoms in total. The zero-order valence-electron chi connectivity index (χ0n) is 13.5. The van der Waals surface area contributed by atoms with E-state index >= 15 is 0 Å². The van der Waals surface area contributed by atoms with Crippen LogP contribution in [-0.2, 0) is 4.74 Å². The molecule has 2 rings (SSSR count). The molecule has 0 spiro atoms. The van der Waals surface area contributed by atoms with Gasteiger partial charge in [-0.3, -0.25) is 0 Å². The zero-order valence-corrected chi connectivity index (χ0v) is 13.5. The average molecular weight is 302 g/mol. The number of likely N-dealkylation sites (tertiary alicyclic amines) is 1. The van der Waals surface area contributed by atoms with Gasteiger partial charge < -0.3 is 26.4 Å². The van der Waals surface area contributed by atoms with Crippen molar-refractivity contribution in [2.75, 3.05) is 26.2 Å². The number of nitrogens with one attached hydrogen (secondary N) is 1. The lowest BCUT2D eigenvalue weighted by atomic mass is 10.2. The fraction of sp³-hybridized carbons (Fsp3) is 0.857. The molecular formula is C14H30N4O3. The third kappa shape index (κ3) is 13.2. The van der Waals surface area contributed by atoms with Gasteiger partial charge in [0.2, 0.25) is 0 Å². The molecule has 2 fully saturated rings. The Bertz CT molecular complexity index is 298. The Morgan fingerprint density at radius 1 is 1.00 bits per heavy atom. The molecule has 7 heteroatoms. The van der Waals surface area contributed by atoms with Gasteiger partial charge in [0, 0.05) is 13.1 Å². The molecule has 0 aromatic carbocycles. The predicted octanol–water partition coefficient (Wildman–Crippen LogP) is 1.41. The summed E-state index contributed by atoms with van der Waals surface area (Å²) in [6, 6.07) is -0.275. The third-order valence-corrected chi connectivity index (χ3v) is 2.78. The molecule has 0 unspecified atom stereocenters. The van der Waals surface area contributed by atoms with Crippen LogP contribution in [0.1, 0.15) is 46.5 Å². The number of nitrogens with two attached hydrogens (primary N) is 2. The van der Waals surface area contributed by atoms with Crippen molar-refractivity contribution >= 4 is 12.1 Å². The Kier molecular flexibility index (Phi) is 9.53. The highest BCUT2D eigenvalue weighted by Gasteiger charge is 2.13. The minimum Gasteiger partial charge on any atom is -0.444 e. The maximum Gasteiger partial charge on any atom is 0.405 e. The second kappa shape index (κ2) is 10.3. The van der Waals surface area contributed by atoms with Gasteiger partial charge >= 0.3 is 12.1 Å². The molecule has 0 saturated carbocycles. The van der Waals surface area contributed by atoms with Gasteiger partial charge in [0.05, 0.1) is 0 Å². The maximum atomic E-state index is 10.3. The summed E-state index contributed by atoms with van der Waals surface area (Å²) in [5.41, 5.74) is 9.25. The monoisotopic (exact) mass is 302 g/mol. The van der Waals surface area contributed by atoms with E-state index in [9.17, 15) is 9.59 Å². The Labute approximate surface area is 127 Å². The molecule has 2 aliphatic heterocycles. The Hall–Kier alpha value is -1.50. The second-order valence-electron chi connectivity index (χ2n) is 6.02. The summed E-state index contributed by atoms with van der Waals surface area (Å²) in [6.07, 6.45) is 4.28. The highest BCUT2D eigenvalue weighted by molar-refractivity contribution is 5.72. The summed E-state index contributed by atoms with van der Waals surface area (Å²) in [6.45, 7) is 9.50. The summed E-state index contributed by atoms with van der Waals surface area (Å²) in [5, 5.41) is 3.22. The number of hydrogen-bond acceptors (Lipinski definition) is 4. The molecule has 2 aliphatic rings. The number of urea groups is 1. The van der Waals surface area contributed by atoms with Gasteiger partial charge in [-0.15, -0.1) is 0 Å². The summed E-state index contributed by atoms with van der Waals surface area (Å²) >= 11 is 0. The van der Waals surface area contributed by atoms with Crippen molar-refractivity contribution in [3.63, 3.8) is 0 Å². The lowest BCUT2D eigenvalue weighted by Gasteiger charge is -2.16. The van der Waals surface area contributed by atoms with Crippen molar-refractivity contribution in [1.82, 2.24) is 10.2 Å². The number of nitrogens with zero attached hydrogens (tertiary/aromatic N) is 1. The van der Waals surface area contributed by atoms with E-state index in [0.717, 1.165) is 25.9 Å². The third-order valence-electron chi connectivity index (χ3n) is 2.78. The minimum atomic E-state index is -0.725. The molecular weight excluding hydrogens is 272 g/mol. The molecule has 0 aromatic rings. The molecule has 0 atom stereocenters. The molecule has 21 heavy (non-hydrogen) atoms. The quantitative estimate of drug-likeness (QED) is 0.628. The zero-order chi connectivity index (χ0) is 16.3. The topological polar surface area (TPSA) is 111 Å². The van der Waals surface area contributed by atoms with Crippen molar-refractivity contribution in [1.29, 1.82) is 0 Å². The van der Waals surface area contributed by atoms with Gasteiger partial charge in [-0.25, -0.2) is 9.59 Å². The first kappa shape index (κ1) is 19.5. The van der Waals surface area contributed by atoms with Gasteiger partial charge in [-0.1, -0.05) is 0 Å². The minimum absolute atomic E-state index is 0.275. The number of amides is 3. The Morgan fingerprint density at radius 3 is 1.62 bits per heavy atom. The van der Waals surface area contributed by atoms with E-state index in [0.29, 0.717) is 0 Å². The van der Waals surface area contributed by atoms with Crippen LogP contribution >= 0.6 is 0 Å². The van der Waals surface area contributed by atoms with Crippen LogP contribution in [0.25, 0.3) is 0 Å². The number of primary amides is 2. The van der Waals surface area contributed by atoms with Gasteiger partial charge in [0.15, 0.2) is 0 Å². The van der Waals surface area contributed by atoms with Crippen molar-refractivity contribution in [3.8, 4) is 0 Å². The van der Waals surface area contributed by atoms with Crippen LogP contribution < -0.4 is 16.8 Å². The molecule has 0 aromatic heterocycles. The molecule has 0 radical (unpaired) electrons. The van der Waals surface area contributed by atoms with Crippen LogP contribution in [-0.4, -0.2) is 48.8 Å². The first-order chi connectivity index (χ1) is 9.72. The normalized spacial score (nSPS) is 17.2. The fourth-order valence-electron chi connectivity index (χ4n) is 1.86. The largest absolute Gasteiger partial charge is 0.444 e. The number of ether oxygens (including phenoxy) is 1. The van der Waals surface area contributed by atoms with E-state index in [4.69, 9.17) is 11.5 Å². The Morgan fingerprint density at radius 2 is 1.48 bits per heavy atom. The van der Waals surface area contributed by atoms with E-state index in [1.165, 1.54) is 25.9 Å². The van der Waals surface area contributed by atoms with E-state index in [-0.39, 0.29) is 6.03 Å². The summed E-state index contributed by atoms with van der Waals surface area (Å²) < 4.78 is 4.58. The van der Waals surface area contributed by atoms with Crippen LogP contribution in [0.2, 0.25) is 0 Å². The SMILES string of the molecule is C1CCNC1.CC(C)(C)OC(N)=O.NC(=O)N1CCCC1. The highest BCUT2D eigenvalue weighted by atomic mass is 16.6. The van der Waals surface area contributed by atoms with Crippen molar-refractivity contribution in [2.24, 2.45) is 11.5 Å². The van der Waals surface area contributed by atoms with Crippen molar-refractivity contribution < 1.29 is 14.3 Å². The molecule has 0 aliphatic carbocycles. The van der Waals surface area contributed by atoms with Gasteiger partial charge in [0.25, 0.3) is 0 Å². The van der Waals surface area contributed by atoms with Crippen LogP contribution in [0.5, 0.6) is 0 Å². The molecule has 2 saturated heterocycles. The van der Waals surface area contributed by atoms with Crippen molar-refractivity contribution in [2.45, 2.75) is 52.1 Å². The number of rotatable bonds is 0. The smallest absolute Gasteiger partial charge is 0.405 e. The van der Waals surface area contributed by atoms with E-state index in [1.54, 1.807) is 25.7 Å². The summed E-state index contributed by atoms with van der Waals surface area (Å²) in [4.78, 5) is 22.0. The lowest BCUT2D eigenvalue weighted by Crippen LogP contribution is -2.32. The first-order valence-electron chi connectivity index (χ1n) is 7.46. The van der Waals surface area contributed by atoms with Gasteiger partial charge in [0.1, 0.15) is 5.60 Å². The van der Waals surface area contributed by atoms with Gasteiger partial charge in [-0.05, 0) is 59.5 Å². The molecule has 124 valence electrons. The molecule has 2 heterocycles. The van der Waals surface area contributed by atoms with Crippen LogP contribution in [0.4, 0.5) is 9.59 Å². The highest BCUT2D eigenvalue weighted by Crippen LogP contribution is 2.05. The van der Waals surface area contributed by atoms with Crippen LogP contribution in [0.3, 0.4) is 0 Å². The van der Waals surface area contributed by atoms with Gasteiger partial charge in [-0.2, -0.15) is 0 Å². The number of hydrogen-bond donors (Lipinski definition) is 3.